The fourth-order valence-corrected chi connectivity index (χ4v) is 3.32. The van der Waals surface area contributed by atoms with E-state index in [4.69, 9.17) is 0 Å². The summed E-state index contributed by atoms with van der Waals surface area (Å²) < 4.78 is 0. The molecule has 3 aromatic rings. The molecular weight excluding hydrogens is 346 g/mol. The summed E-state index contributed by atoms with van der Waals surface area (Å²) in [5.74, 6) is 0.358. The molecular formula is C19H21N5OS. The molecule has 0 spiro atoms. The first kappa shape index (κ1) is 18.0. The van der Waals surface area contributed by atoms with Crippen LogP contribution in [-0.4, -0.2) is 40.5 Å². The fourth-order valence-electron chi connectivity index (χ4n) is 2.58. The Morgan fingerprint density at radius 2 is 2.04 bits per heavy atom. The molecule has 0 radical (unpaired) electrons. The molecule has 0 saturated heterocycles. The van der Waals surface area contributed by atoms with Gasteiger partial charge in [0.05, 0.1) is 0 Å². The van der Waals surface area contributed by atoms with E-state index >= 15 is 0 Å². The standard InChI is InChI=1S/C19H21N5OS/c1-3-24(15-7-4-6-14(2)12-15)11-10-22-18(25)16-13-26-19(23-16)17-20-8-5-9-21-17/h4-9,12-13H,3,10-11H2,1-2H3,(H,22,25). The summed E-state index contributed by atoms with van der Waals surface area (Å²) in [5, 5.41) is 5.32. The molecule has 0 atom stereocenters. The van der Waals surface area contributed by atoms with Crippen molar-refractivity contribution in [2.75, 3.05) is 24.5 Å². The van der Waals surface area contributed by atoms with Crippen molar-refractivity contribution in [3.63, 3.8) is 0 Å². The lowest BCUT2D eigenvalue weighted by Gasteiger charge is -2.23. The normalized spacial score (nSPS) is 10.5. The molecule has 1 aromatic carbocycles. The number of amides is 1. The summed E-state index contributed by atoms with van der Waals surface area (Å²) in [6.45, 7) is 6.36. The molecule has 26 heavy (non-hydrogen) atoms. The van der Waals surface area contributed by atoms with E-state index in [0.29, 0.717) is 23.1 Å². The van der Waals surface area contributed by atoms with Crippen LogP contribution in [-0.2, 0) is 0 Å². The first-order valence-electron chi connectivity index (χ1n) is 8.50. The summed E-state index contributed by atoms with van der Waals surface area (Å²) in [6.07, 6.45) is 3.32. The lowest BCUT2D eigenvalue weighted by Crippen LogP contribution is -2.35. The number of likely N-dealkylation sites (N-methyl/N-ethyl adjacent to an activating group) is 1. The van der Waals surface area contributed by atoms with E-state index in [9.17, 15) is 4.79 Å². The van der Waals surface area contributed by atoms with Crippen LogP contribution < -0.4 is 10.2 Å². The number of carbonyl (C=O) groups is 1. The van der Waals surface area contributed by atoms with Gasteiger partial charge in [-0.2, -0.15) is 0 Å². The molecule has 0 aliphatic rings. The summed E-state index contributed by atoms with van der Waals surface area (Å²) in [4.78, 5) is 27.2. The molecule has 134 valence electrons. The Kier molecular flexibility index (Phi) is 5.91. The quantitative estimate of drug-likeness (QED) is 0.694. The van der Waals surface area contributed by atoms with Gasteiger partial charge < -0.3 is 10.2 Å². The lowest BCUT2D eigenvalue weighted by atomic mass is 10.2. The van der Waals surface area contributed by atoms with Gasteiger partial charge in [-0.3, -0.25) is 4.79 Å². The second kappa shape index (κ2) is 8.53. The highest BCUT2D eigenvalue weighted by molar-refractivity contribution is 7.13. The van der Waals surface area contributed by atoms with Crippen LogP contribution in [0.25, 0.3) is 10.8 Å². The first-order chi connectivity index (χ1) is 12.7. The predicted octanol–water partition coefficient (Wildman–Crippen LogP) is 3.16. The Morgan fingerprint density at radius 1 is 1.23 bits per heavy atom. The second-order valence-corrected chi connectivity index (χ2v) is 6.64. The molecule has 7 heteroatoms. The molecule has 0 aliphatic heterocycles. The van der Waals surface area contributed by atoms with Crippen LogP contribution in [0.4, 0.5) is 5.69 Å². The minimum Gasteiger partial charge on any atom is -0.370 e. The highest BCUT2D eigenvalue weighted by Crippen LogP contribution is 2.19. The second-order valence-electron chi connectivity index (χ2n) is 5.78. The average Bonchev–Trinajstić information content (AvgIpc) is 3.16. The van der Waals surface area contributed by atoms with Crippen LogP contribution in [0.2, 0.25) is 0 Å². The zero-order chi connectivity index (χ0) is 18.4. The molecule has 0 bridgehead atoms. The van der Waals surface area contributed by atoms with Crippen molar-refractivity contribution in [3.05, 3.63) is 59.4 Å². The molecule has 6 nitrogen and oxygen atoms in total. The number of benzene rings is 1. The highest BCUT2D eigenvalue weighted by atomic mass is 32.1. The third-order valence-corrected chi connectivity index (χ3v) is 4.75. The zero-order valence-corrected chi connectivity index (χ0v) is 15.7. The molecule has 3 rings (SSSR count). The van der Waals surface area contributed by atoms with Gasteiger partial charge in [0.2, 0.25) is 0 Å². The average molecular weight is 367 g/mol. The molecule has 1 amide bonds. The highest BCUT2D eigenvalue weighted by Gasteiger charge is 2.13. The number of aromatic nitrogens is 3. The van der Waals surface area contributed by atoms with Crippen molar-refractivity contribution in [2.45, 2.75) is 13.8 Å². The van der Waals surface area contributed by atoms with E-state index < -0.39 is 0 Å². The van der Waals surface area contributed by atoms with Crippen molar-refractivity contribution in [2.24, 2.45) is 0 Å². The molecule has 0 fully saturated rings. The van der Waals surface area contributed by atoms with Crippen LogP contribution in [0.3, 0.4) is 0 Å². The van der Waals surface area contributed by atoms with Gasteiger partial charge in [-0.15, -0.1) is 11.3 Å². The largest absolute Gasteiger partial charge is 0.370 e. The van der Waals surface area contributed by atoms with Crippen LogP contribution in [0, 0.1) is 6.92 Å². The summed E-state index contributed by atoms with van der Waals surface area (Å²) in [6, 6.07) is 10.1. The van der Waals surface area contributed by atoms with E-state index in [-0.39, 0.29) is 5.91 Å². The number of hydrogen-bond donors (Lipinski definition) is 1. The number of rotatable bonds is 7. The Labute approximate surface area is 157 Å². The Bertz CT molecular complexity index is 865. The summed E-state index contributed by atoms with van der Waals surface area (Å²) in [5.41, 5.74) is 2.79. The molecule has 0 unspecified atom stereocenters. The molecule has 0 aliphatic carbocycles. The van der Waals surface area contributed by atoms with E-state index in [1.54, 1.807) is 23.8 Å². The third kappa shape index (κ3) is 4.43. The van der Waals surface area contributed by atoms with Crippen molar-refractivity contribution in [1.29, 1.82) is 0 Å². The number of hydrogen-bond acceptors (Lipinski definition) is 6. The maximum atomic E-state index is 12.3. The smallest absolute Gasteiger partial charge is 0.270 e. The topological polar surface area (TPSA) is 71.0 Å². The van der Waals surface area contributed by atoms with Gasteiger partial charge in [-0.25, -0.2) is 15.0 Å². The third-order valence-electron chi connectivity index (χ3n) is 3.91. The van der Waals surface area contributed by atoms with Crippen molar-refractivity contribution in [1.82, 2.24) is 20.3 Å². The number of carbonyl (C=O) groups excluding carboxylic acids is 1. The van der Waals surface area contributed by atoms with E-state index in [1.807, 2.05) is 6.07 Å². The van der Waals surface area contributed by atoms with Gasteiger partial charge in [0.1, 0.15) is 5.69 Å². The van der Waals surface area contributed by atoms with Gasteiger partial charge >= 0.3 is 0 Å². The van der Waals surface area contributed by atoms with Crippen LogP contribution in [0.5, 0.6) is 0 Å². The minimum atomic E-state index is -0.177. The maximum Gasteiger partial charge on any atom is 0.270 e. The SMILES string of the molecule is CCN(CCNC(=O)c1csc(-c2ncccn2)n1)c1cccc(C)c1. The van der Waals surface area contributed by atoms with E-state index in [1.165, 1.54) is 22.6 Å². The van der Waals surface area contributed by atoms with E-state index in [2.05, 4.69) is 57.2 Å². The zero-order valence-electron chi connectivity index (χ0n) is 14.8. The monoisotopic (exact) mass is 367 g/mol. The van der Waals surface area contributed by atoms with Gasteiger partial charge in [0, 0.05) is 43.1 Å². The van der Waals surface area contributed by atoms with Crippen molar-refractivity contribution < 1.29 is 4.79 Å². The molecule has 1 N–H and O–H groups in total. The van der Waals surface area contributed by atoms with Crippen molar-refractivity contribution >= 4 is 22.9 Å². The minimum absolute atomic E-state index is 0.177. The van der Waals surface area contributed by atoms with Crippen LogP contribution in [0.15, 0.2) is 48.1 Å². The van der Waals surface area contributed by atoms with Crippen LogP contribution in [0.1, 0.15) is 23.0 Å². The molecule has 2 heterocycles. The molecule has 2 aromatic heterocycles. The Hall–Kier alpha value is -2.80. The molecule has 0 saturated carbocycles. The van der Waals surface area contributed by atoms with Crippen LogP contribution >= 0.6 is 11.3 Å². The lowest BCUT2D eigenvalue weighted by molar-refractivity contribution is 0.0950. The fraction of sp³-hybridized carbons (Fsp3) is 0.263. The number of aryl methyl sites for hydroxylation is 1. The van der Waals surface area contributed by atoms with Gasteiger partial charge in [0.15, 0.2) is 10.8 Å². The Balaban J connectivity index is 1.56. The first-order valence-corrected chi connectivity index (χ1v) is 9.38. The number of nitrogens with one attached hydrogen (secondary N) is 1. The number of nitrogens with zero attached hydrogens (tertiary/aromatic N) is 4. The number of thiazole rings is 1. The Morgan fingerprint density at radius 3 is 2.77 bits per heavy atom. The van der Waals surface area contributed by atoms with E-state index in [0.717, 1.165) is 13.1 Å². The van der Waals surface area contributed by atoms with Gasteiger partial charge in [-0.05, 0) is 37.6 Å². The summed E-state index contributed by atoms with van der Waals surface area (Å²) >= 11 is 1.37. The predicted molar refractivity (Wildman–Crippen MR) is 105 cm³/mol. The van der Waals surface area contributed by atoms with Gasteiger partial charge in [-0.1, -0.05) is 12.1 Å². The van der Waals surface area contributed by atoms with Gasteiger partial charge in [0.25, 0.3) is 5.91 Å². The summed E-state index contributed by atoms with van der Waals surface area (Å²) in [7, 11) is 0. The maximum absolute atomic E-state index is 12.3. The van der Waals surface area contributed by atoms with Crippen molar-refractivity contribution in [3.8, 4) is 10.8 Å². The number of anilines is 1.